The second kappa shape index (κ2) is 7.47. The van der Waals surface area contributed by atoms with Crippen molar-refractivity contribution >= 4 is 22.9 Å². The number of nitrogens with zero attached hydrogens (tertiary/aromatic N) is 3. The number of amides is 1. The minimum Gasteiger partial charge on any atom is -0.446 e. The highest BCUT2D eigenvalue weighted by Crippen LogP contribution is 2.35. The molecule has 4 aromatic rings. The molecule has 0 fully saturated rings. The molecule has 142 valence electrons. The maximum absolute atomic E-state index is 12.1. The molecule has 3 aromatic heterocycles. The number of carbonyl (C=O) groups excluding carboxylic acids is 1. The van der Waals surface area contributed by atoms with Gasteiger partial charge in [-0.25, -0.2) is 9.18 Å². The molecule has 4 rings (SSSR count). The molecule has 0 aliphatic rings. The fourth-order valence-electron chi connectivity index (χ4n) is 2.92. The van der Waals surface area contributed by atoms with Gasteiger partial charge >= 0.3 is 6.09 Å². The van der Waals surface area contributed by atoms with Gasteiger partial charge in [0.2, 0.25) is 0 Å². The summed E-state index contributed by atoms with van der Waals surface area (Å²) in [6.45, 7) is 0.855. The highest BCUT2D eigenvalue weighted by atomic mass is 19.1. The number of ether oxygens (including phenoxy) is 1. The van der Waals surface area contributed by atoms with E-state index >= 15 is 0 Å². The first-order chi connectivity index (χ1) is 13.7. The molecule has 2 N–H and O–H groups in total. The van der Waals surface area contributed by atoms with Crippen molar-refractivity contribution in [3.63, 3.8) is 0 Å². The summed E-state index contributed by atoms with van der Waals surface area (Å²) in [6, 6.07) is 11.1. The zero-order valence-corrected chi connectivity index (χ0v) is 14.9. The lowest BCUT2D eigenvalue weighted by molar-refractivity contribution is 0.152. The van der Waals surface area contributed by atoms with Crippen LogP contribution in [0, 0.1) is 6.92 Å². The third-order valence-corrected chi connectivity index (χ3v) is 4.15. The number of hydrogen-bond acceptors (Lipinski definition) is 6. The molecular formula is C19H16FN5O3. The molecule has 0 saturated heterocycles. The zero-order valence-electron chi connectivity index (χ0n) is 14.9. The summed E-state index contributed by atoms with van der Waals surface area (Å²) in [5, 5.41) is 14.3. The summed E-state index contributed by atoms with van der Waals surface area (Å²) in [4.78, 5) is 16.0. The molecule has 0 saturated carbocycles. The number of pyridine rings is 1. The first-order valence-corrected chi connectivity index (χ1v) is 8.53. The van der Waals surface area contributed by atoms with Crippen LogP contribution in [0.2, 0.25) is 0 Å². The molecule has 28 heavy (non-hydrogen) atoms. The average molecular weight is 381 g/mol. The van der Waals surface area contributed by atoms with Gasteiger partial charge in [0, 0.05) is 17.5 Å². The van der Waals surface area contributed by atoms with Gasteiger partial charge in [-0.05, 0) is 36.8 Å². The molecule has 1 aromatic carbocycles. The molecule has 1 amide bonds. The molecule has 0 unspecified atom stereocenters. The van der Waals surface area contributed by atoms with Crippen molar-refractivity contribution in [1.82, 2.24) is 20.3 Å². The fourth-order valence-corrected chi connectivity index (χ4v) is 2.92. The normalized spacial score (nSPS) is 10.9. The second-order valence-electron chi connectivity index (χ2n) is 5.98. The number of anilines is 1. The van der Waals surface area contributed by atoms with E-state index in [1.54, 1.807) is 12.3 Å². The number of fused-ring (bicyclic) bond motifs is 1. The quantitative estimate of drug-likeness (QED) is 0.539. The number of hydrogen-bond donors (Lipinski definition) is 2. The number of benzene rings is 1. The topological polar surface area (TPSA) is 106 Å². The van der Waals surface area contributed by atoms with E-state index in [0.717, 1.165) is 28.2 Å². The highest BCUT2D eigenvalue weighted by molar-refractivity contribution is 5.98. The van der Waals surface area contributed by atoms with E-state index in [9.17, 15) is 9.18 Å². The van der Waals surface area contributed by atoms with Gasteiger partial charge in [-0.2, -0.15) is 5.10 Å². The summed E-state index contributed by atoms with van der Waals surface area (Å²) in [5.41, 5.74) is 4.59. The van der Waals surface area contributed by atoms with E-state index < -0.39 is 12.8 Å². The molecule has 3 heterocycles. The Morgan fingerprint density at radius 1 is 1.32 bits per heavy atom. The van der Waals surface area contributed by atoms with E-state index in [1.165, 1.54) is 0 Å². The summed E-state index contributed by atoms with van der Waals surface area (Å²) in [5.74, 6) is 0.208. The number of aromatic amines is 1. The predicted octanol–water partition coefficient (Wildman–Crippen LogP) is 4.11. The Balaban J connectivity index is 1.69. The summed E-state index contributed by atoms with van der Waals surface area (Å²) < 4.78 is 22.1. The first-order valence-electron chi connectivity index (χ1n) is 8.53. The largest absolute Gasteiger partial charge is 0.446 e. The fraction of sp³-hybridized carbons (Fsp3) is 0.158. The number of halogens is 1. The van der Waals surface area contributed by atoms with Crippen molar-refractivity contribution in [3.8, 4) is 22.5 Å². The molecule has 0 atom stereocenters. The maximum atomic E-state index is 12.1. The van der Waals surface area contributed by atoms with Crippen molar-refractivity contribution in [3.05, 3.63) is 48.3 Å². The monoisotopic (exact) mass is 381 g/mol. The van der Waals surface area contributed by atoms with Crippen LogP contribution in [0.15, 0.2) is 47.1 Å². The van der Waals surface area contributed by atoms with Crippen LogP contribution in [0.5, 0.6) is 0 Å². The molecule has 0 radical (unpaired) electrons. The van der Waals surface area contributed by atoms with Crippen LogP contribution in [0.4, 0.5) is 15.0 Å². The van der Waals surface area contributed by atoms with Gasteiger partial charge in [-0.3, -0.25) is 15.4 Å². The van der Waals surface area contributed by atoms with Gasteiger partial charge in [0.15, 0.2) is 11.4 Å². The number of aromatic nitrogens is 4. The van der Waals surface area contributed by atoms with Crippen LogP contribution in [-0.2, 0) is 4.74 Å². The molecule has 0 bridgehead atoms. The Hall–Kier alpha value is -3.75. The number of rotatable bonds is 5. The Bertz CT molecular complexity index is 1120. The minimum absolute atomic E-state index is 0.208. The lowest BCUT2D eigenvalue weighted by atomic mass is 10.0. The van der Waals surface area contributed by atoms with E-state index in [1.807, 2.05) is 37.3 Å². The molecule has 0 aliphatic carbocycles. The van der Waals surface area contributed by atoms with Crippen LogP contribution in [-0.4, -0.2) is 39.7 Å². The molecular weight excluding hydrogens is 365 g/mol. The number of H-pyrrole nitrogens is 1. The molecule has 9 heteroatoms. The summed E-state index contributed by atoms with van der Waals surface area (Å²) in [7, 11) is 0. The van der Waals surface area contributed by atoms with Crippen LogP contribution < -0.4 is 5.32 Å². The van der Waals surface area contributed by atoms with Gasteiger partial charge in [-0.1, -0.05) is 17.3 Å². The van der Waals surface area contributed by atoms with Crippen molar-refractivity contribution in [1.29, 1.82) is 0 Å². The lowest BCUT2D eigenvalue weighted by Gasteiger charge is -2.05. The summed E-state index contributed by atoms with van der Waals surface area (Å²) >= 11 is 0. The van der Waals surface area contributed by atoms with Gasteiger partial charge < -0.3 is 9.26 Å². The van der Waals surface area contributed by atoms with E-state index in [4.69, 9.17) is 4.52 Å². The Labute approximate surface area is 158 Å². The molecule has 8 nitrogen and oxygen atoms in total. The number of alkyl halides is 1. The first kappa shape index (κ1) is 17.7. The average Bonchev–Trinajstić information content (AvgIpc) is 3.30. The highest BCUT2D eigenvalue weighted by Gasteiger charge is 2.18. The summed E-state index contributed by atoms with van der Waals surface area (Å²) in [6.07, 6.45) is 0.919. The third-order valence-electron chi connectivity index (χ3n) is 4.15. The van der Waals surface area contributed by atoms with Crippen molar-refractivity contribution in [2.75, 3.05) is 18.6 Å². The predicted molar refractivity (Wildman–Crippen MR) is 101 cm³/mol. The Morgan fingerprint density at radius 2 is 2.21 bits per heavy atom. The lowest BCUT2D eigenvalue weighted by Crippen LogP contribution is -2.15. The van der Waals surface area contributed by atoms with Gasteiger partial charge in [0.25, 0.3) is 0 Å². The van der Waals surface area contributed by atoms with Gasteiger partial charge in [0.05, 0.1) is 11.1 Å². The van der Waals surface area contributed by atoms with Crippen molar-refractivity contribution in [2.24, 2.45) is 0 Å². The Kier molecular flexibility index (Phi) is 4.71. The maximum Gasteiger partial charge on any atom is 0.413 e. The van der Waals surface area contributed by atoms with Crippen molar-refractivity contribution in [2.45, 2.75) is 6.92 Å². The smallest absolute Gasteiger partial charge is 0.413 e. The van der Waals surface area contributed by atoms with Crippen LogP contribution in [0.3, 0.4) is 0 Å². The number of nitrogens with one attached hydrogen (secondary N) is 2. The van der Waals surface area contributed by atoms with Gasteiger partial charge in [-0.15, -0.1) is 0 Å². The van der Waals surface area contributed by atoms with E-state index in [-0.39, 0.29) is 12.4 Å². The molecule has 0 aliphatic heterocycles. The van der Waals surface area contributed by atoms with E-state index in [0.29, 0.717) is 11.0 Å². The number of aryl methyl sites for hydroxylation is 1. The second-order valence-corrected chi connectivity index (χ2v) is 5.98. The van der Waals surface area contributed by atoms with E-state index in [2.05, 4.69) is 30.4 Å². The third kappa shape index (κ3) is 3.29. The van der Waals surface area contributed by atoms with Crippen LogP contribution in [0.25, 0.3) is 33.5 Å². The number of carbonyl (C=O) groups is 1. The standard InChI is InChI=1S/C19H16FN5O3/c1-11-16(17(24-23-11)14-4-2-3-8-21-14)12-5-6-13-15(10-12)28-25-18(13)22-19(26)27-9-7-20/h2-6,8,10H,7,9H2,1H3,(H,23,24)(H,22,25,26). The molecule has 0 spiro atoms. The SMILES string of the molecule is Cc1[nH]nc(-c2ccccn2)c1-c1ccc2c(NC(=O)OCCF)noc2c1. The van der Waals surface area contributed by atoms with Gasteiger partial charge in [0.1, 0.15) is 19.0 Å². The minimum atomic E-state index is -0.792. The zero-order chi connectivity index (χ0) is 19.5. The van der Waals surface area contributed by atoms with Crippen LogP contribution in [0.1, 0.15) is 5.69 Å². The van der Waals surface area contributed by atoms with Crippen molar-refractivity contribution < 1.29 is 18.4 Å². The van der Waals surface area contributed by atoms with Crippen LogP contribution >= 0.6 is 0 Å². The Morgan fingerprint density at radius 3 is 3.00 bits per heavy atom.